The van der Waals surface area contributed by atoms with E-state index in [2.05, 4.69) is 15.6 Å². The van der Waals surface area contributed by atoms with Gasteiger partial charge in [-0.05, 0) is 55.7 Å². The Bertz CT molecular complexity index is 944. The first-order valence-corrected chi connectivity index (χ1v) is 8.54. The van der Waals surface area contributed by atoms with Crippen LogP contribution in [0.25, 0.3) is 11.0 Å². The molecule has 0 bridgehead atoms. The second-order valence-corrected chi connectivity index (χ2v) is 6.59. The van der Waals surface area contributed by atoms with Crippen LogP contribution in [0.15, 0.2) is 36.4 Å². The molecule has 3 aromatic rings. The third kappa shape index (κ3) is 2.99. The maximum Gasteiger partial charge on any atom is 0.255 e. The van der Waals surface area contributed by atoms with Gasteiger partial charge in [-0.3, -0.25) is 4.79 Å². The fraction of sp³-hybridized carbons (Fsp3) is 0.316. The van der Waals surface area contributed by atoms with E-state index in [0.717, 1.165) is 18.4 Å². The highest BCUT2D eigenvalue weighted by molar-refractivity contribution is 6.05. The van der Waals surface area contributed by atoms with E-state index in [9.17, 15) is 9.18 Å². The Balaban J connectivity index is 1.58. The molecule has 1 heterocycles. The Morgan fingerprint density at radius 2 is 2.00 bits per heavy atom. The van der Waals surface area contributed by atoms with E-state index < -0.39 is 0 Å². The highest BCUT2D eigenvalue weighted by atomic mass is 19.1. The molecule has 1 amide bonds. The monoisotopic (exact) mass is 338 g/mol. The van der Waals surface area contributed by atoms with E-state index in [1.54, 1.807) is 31.2 Å². The van der Waals surface area contributed by atoms with E-state index in [1.165, 1.54) is 18.9 Å². The molecule has 0 spiro atoms. The molecule has 1 fully saturated rings. The van der Waals surface area contributed by atoms with Crippen LogP contribution in [-0.4, -0.2) is 20.9 Å². The van der Waals surface area contributed by atoms with Crippen LogP contribution in [0.5, 0.6) is 0 Å². The summed E-state index contributed by atoms with van der Waals surface area (Å²) in [5.74, 6) is -0.631. The van der Waals surface area contributed by atoms with Gasteiger partial charge in [-0.25, -0.2) is 9.07 Å². The quantitative estimate of drug-likeness (QED) is 0.777. The van der Waals surface area contributed by atoms with Crippen molar-refractivity contribution < 1.29 is 9.18 Å². The molecule has 6 heteroatoms. The number of nitrogens with one attached hydrogen (secondary N) is 1. The molecule has 0 atom stereocenters. The van der Waals surface area contributed by atoms with E-state index >= 15 is 0 Å². The highest BCUT2D eigenvalue weighted by Gasteiger charge is 2.20. The first-order chi connectivity index (χ1) is 12.1. The van der Waals surface area contributed by atoms with Crippen LogP contribution in [0.4, 0.5) is 10.1 Å². The zero-order chi connectivity index (χ0) is 17.4. The minimum atomic E-state index is -0.340. The first-order valence-electron chi connectivity index (χ1n) is 8.54. The molecule has 25 heavy (non-hydrogen) atoms. The number of carbonyl (C=O) groups is 1. The number of hydrogen-bond acceptors (Lipinski definition) is 3. The molecular weight excluding hydrogens is 319 g/mol. The summed E-state index contributed by atoms with van der Waals surface area (Å²) in [6, 6.07) is 10.4. The molecule has 0 aliphatic heterocycles. The lowest BCUT2D eigenvalue weighted by Crippen LogP contribution is -2.12. The van der Waals surface area contributed by atoms with Crippen molar-refractivity contribution in [2.24, 2.45) is 0 Å². The van der Waals surface area contributed by atoms with Crippen LogP contribution in [0, 0.1) is 12.7 Å². The van der Waals surface area contributed by atoms with Crippen molar-refractivity contribution in [2.45, 2.75) is 38.6 Å². The van der Waals surface area contributed by atoms with Gasteiger partial charge in [-0.2, -0.15) is 0 Å². The van der Waals surface area contributed by atoms with E-state index in [0.29, 0.717) is 28.4 Å². The summed E-state index contributed by atoms with van der Waals surface area (Å²) in [7, 11) is 0. The number of aryl methyl sites for hydroxylation is 1. The van der Waals surface area contributed by atoms with Gasteiger partial charge in [0.05, 0.1) is 11.6 Å². The SMILES string of the molecule is Cc1ccc(NC(=O)c2ccc3c(c2)nnn3C2CCCC2)cc1F. The number of benzene rings is 2. The van der Waals surface area contributed by atoms with Gasteiger partial charge in [-0.15, -0.1) is 5.10 Å². The van der Waals surface area contributed by atoms with Crippen LogP contribution < -0.4 is 5.32 Å². The Kier molecular flexibility index (Phi) is 3.95. The fourth-order valence-corrected chi connectivity index (χ4v) is 3.38. The van der Waals surface area contributed by atoms with Gasteiger partial charge in [0.15, 0.2) is 0 Å². The summed E-state index contributed by atoms with van der Waals surface area (Å²) < 4.78 is 15.6. The number of nitrogens with zero attached hydrogens (tertiary/aromatic N) is 3. The molecule has 5 nitrogen and oxygen atoms in total. The smallest absolute Gasteiger partial charge is 0.255 e. The van der Waals surface area contributed by atoms with Crippen LogP contribution in [0.2, 0.25) is 0 Å². The third-order valence-corrected chi connectivity index (χ3v) is 4.83. The second kappa shape index (κ2) is 6.27. The number of anilines is 1. The average Bonchev–Trinajstić information content (AvgIpc) is 3.26. The Morgan fingerprint density at radius 1 is 1.20 bits per heavy atom. The number of rotatable bonds is 3. The normalized spacial score (nSPS) is 15.0. The largest absolute Gasteiger partial charge is 0.322 e. The molecule has 0 radical (unpaired) electrons. The van der Waals surface area contributed by atoms with Gasteiger partial charge in [-0.1, -0.05) is 24.1 Å². The molecular formula is C19H19FN4O. The topological polar surface area (TPSA) is 59.8 Å². The summed E-state index contributed by atoms with van der Waals surface area (Å²) in [4.78, 5) is 12.4. The second-order valence-electron chi connectivity index (χ2n) is 6.59. The number of amides is 1. The van der Waals surface area contributed by atoms with Crippen molar-refractivity contribution in [1.29, 1.82) is 0 Å². The van der Waals surface area contributed by atoms with Crippen LogP contribution in [-0.2, 0) is 0 Å². The fourth-order valence-electron chi connectivity index (χ4n) is 3.38. The van der Waals surface area contributed by atoms with Crippen LogP contribution >= 0.6 is 0 Å². The van der Waals surface area contributed by atoms with Crippen LogP contribution in [0.1, 0.15) is 47.6 Å². The summed E-state index contributed by atoms with van der Waals surface area (Å²) >= 11 is 0. The zero-order valence-electron chi connectivity index (χ0n) is 14.0. The van der Waals surface area contributed by atoms with Gasteiger partial charge >= 0.3 is 0 Å². The summed E-state index contributed by atoms with van der Waals surface area (Å²) in [6.07, 6.45) is 4.69. The van der Waals surface area contributed by atoms with Crippen LogP contribution in [0.3, 0.4) is 0 Å². The summed E-state index contributed by atoms with van der Waals surface area (Å²) in [5, 5.41) is 11.2. The van der Waals surface area contributed by atoms with Gasteiger partial charge in [0.2, 0.25) is 0 Å². The predicted octanol–water partition coefficient (Wildman–Crippen LogP) is 4.25. The minimum Gasteiger partial charge on any atom is -0.322 e. The minimum absolute atomic E-state index is 0.291. The highest BCUT2D eigenvalue weighted by Crippen LogP contribution is 2.31. The molecule has 1 aliphatic carbocycles. The lowest BCUT2D eigenvalue weighted by Gasteiger charge is -2.10. The van der Waals surface area contributed by atoms with E-state index in [-0.39, 0.29) is 11.7 Å². The van der Waals surface area contributed by atoms with Gasteiger partial charge in [0, 0.05) is 11.3 Å². The van der Waals surface area contributed by atoms with Crippen molar-refractivity contribution in [3.8, 4) is 0 Å². The van der Waals surface area contributed by atoms with Gasteiger partial charge in [0.1, 0.15) is 11.3 Å². The van der Waals surface area contributed by atoms with Gasteiger partial charge < -0.3 is 5.32 Å². The molecule has 0 unspecified atom stereocenters. The zero-order valence-corrected chi connectivity index (χ0v) is 14.0. The number of aromatic nitrogens is 3. The Morgan fingerprint density at radius 3 is 2.76 bits per heavy atom. The Labute approximate surface area is 144 Å². The maximum absolute atomic E-state index is 13.6. The van der Waals surface area contributed by atoms with Crippen molar-refractivity contribution in [3.05, 3.63) is 53.3 Å². The summed E-state index contributed by atoms with van der Waals surface area (Å²) in [5.41, 5.74) is 3.11. The lowest BCUT2D eigenvalue weighted by atomic mass is 10.1. The number of carbonyl (C=O) groups excluding carboxylic acids is 1. The first kappa shape index (κ1) is 15.7. The Hall–Kier alpha value is -2.76. The average molecular weight is 338 g/mol. The number of halogens is 1. The molecule has 128 valence electrons. The predicted molar refractivity (Wildman–Crippen MR) is 94.1 cm³/mol. The van der Waals surface area contributed by atoms with Crippen molar-refractivity contribution in [1.82, 2.24) is 15.0 Å². The molecule has 0 saturated heterocycles. The van der Waals surface area contributed by atoms with Crippen molar-refractivity contribution in [3.63, 3.8) is 0 Å². The molecule has 2 aromatic carbocycles. The van der Waals surface area contributed by atoms with Gasteiger partial charge in [0.25, 0.3) is 5.91 Å². The van der Waals surface area contributed by atoms with Crippen molar-refractivity contribution >= 4 is 22.6 Å². The molecule has 1 aliphatic rings. The number of fused-ring (bicyclic) bond motifs is 1. The van der Waals surface area contributed by atoms with E-state index in [4.69, 9.17) is 0 Å². The maximum atomic E-state index is 13.6. The molecule has 4 rings (SSSR count). The van der Waals surface area contributed by atoms with Crippen molar-refractivity contribution in [2.75, 3.05) is 5.32 Å². The molecule has 1 N–H and O–H groups in total. The molecule has 1 aromatic heterocycles. The number of hydrogen-bond donors (Lipinski definition) is 1. The van der Waals surface area contributed by atoms with E-state index in [1.807, 2.05) is 10.7 Å². The lowest BCUT2D eigenvalue weighted by molar-refractivity contribution is 0.102. The molecule has 1 saturated carbocycles. The summed E-state index contributed by atoms with van der Waals surface area (Å²) in [6.45, 7) is 1.68. The standard InChI is InChI=1S/C19H19FN4O/c1-12-6-8-14(11-16(12)20)21-19(25)13-7-9-18-17(10-13)22-23-24(18)15-4-2-3-5-15/h6-11,15H,2-5H2,1H3,(H,21,25). The third-order valence-electron chi connectivity index (χ3n) is 4.83.